The first-order valence-corrected chi connectivity index (χ1v) is 6.55. The zero-order chi connectivity index (χ0) is 13.3. The van der Waals surface area contributed by atoms with E-state index in [0.717, 1.165) is 5.56 Å². The van der Waals surface area contributed by atoms with Gasteiger partial charge in [0, 0.05) is 5.02 Å². The number of benzene rings is 1. The summed E-state index contributed by atoms with van der Waals surface area (Å²) < 4.78 is 0. The highest BCUT2D eigenvalue weighted by Crippen LogP contribution is 2.40. The minimum atomic E-state index is -0.919. The highest BCUT2D eigenvalue weighted by molar-refractivity contribution is 6.31. The molecule has 0 saturated heterocycles. The number of hydrogen-bond acceptors (Lipinski definition) is 3. The van der Waals surface area contributed by atoms with Gasteiger partial charge in [0.2, 0.25) is 0 Å². The molecule has 0 aliphatic heterocycles. The number of likely N-dealkylation sites (N-methyl/N-ethyl adjacent to an activating group) is 1. The molecule has 1 aliphatic rings. The van der Waals surface area contributed by atoms with Crippen molar-refractivity contribution in [1.29, 1.82) is 0 Å². The summed E-state index contributed by atoms with van der Waals surface area (Å²) in [4.78, 5) is 12.4. The van der Waals surface area contributed by atoms with Gasteiger partial charge in [-0.3, -0.25) is 4.79 Å². The molecule has 0 amide bonds. The molecule has 0 heterocycles. The van der Waals surface area contributed by atoms with Crippen molar-refractivity contribution in [2.24, 2.45) is 5.92 Å². The number of nitrogens with one attached hydrogen (secondary N) is 1. The summed E-state index contributed by atoms with van der Waals surface area (Å²) in [5.41, 5.74) is -0.111. The summed E-state index contributed by atoms with van der Waals surface area (Å²) in [6.45, 7) is 2.04. The van der Waals surface area contributed by atoms with E-state index in [0.29, 0.717) is 17.9 Å². The van der Waals surface area contributed by atoms with Crippen molar-refractivity contribution in [2.75, 3.05) is 7.05 Å². The van der Waals surface area contributed by atoms with Crippen molar-refractivity contribution in [3.8, 4) is 0 Å². The Kier molecular flexibility index (Phi) is 3.76. The van der Waals surface area contributed by atoms with E-state index in [9.17, 15) is 9.90 Å². The quantitative estimate of drug-likeness (QED) is 0.863. The summed E-state index contributed by atoms with van der Waals surface area (Å²) >= 11 is 6.21. The molecule has 1 fully saturated rings. The minimum Gasteiger partial charge on any atom is -0.385 e. The number of carbonyl (C=O) groups excluding carboxylic acids is 1. The summed E-state index contributed by atoms with van der Waals surface area (Å²) in [7, 11) is 1.74. The van der Waals surface area contributed by atoms with Crippen LogP contribution in [-0.2, 0) is 10.3 Å². The maximum Gasteiger partial charge on any atom is 0.185 e. The van der Waals surface area contributed by atoms with Crippen molar-refractivity contribution in [3.05, 3.63) is 34.9 Å². The number of rotatable bonds is 2. The molecule has 18 heavy (non-hydrogen) atoms. The summed E-state index contributed by atoms with van der Waals surface area (Å²) in [5.74, 6) is 0.0811. The van der Waals surface area contributed by atoms with E-state index in [1.54, 1.807) is 13.1 Å². The van der Waals surface area contributed by atoms with E-state index in [4.69, 9.17) is 11.6 Å². The second-order valence-corrected chi connectivity index (χ2v) is 5.47. The van der Waals surface area contributed by atoms with Crippen LogP contribution in [0.3, 0.4) is 0 Å². The molecule has 98 valence electrons. The smallest absolute Gasteiger partial charge is 0.185 e. The van der Waals surface area contributed by atoms with Gasteiger partial charge in [0.15, 0.2) is 5.78 Å². The summed E-state index contributed by atoms with van der Waals surface area (Å²) in [5, 5.41) is 13.6. The highest BCUT2D eigenvalue weighted by atomic mass is 35.5. The van der Waals surface area contributed by atoms with Crippen molar-refractivity contribution in [1.82, 2.24) is 5.32 Å². The number of hydrogen-bond donors (Lipinski definition) is 2. The predicted molar refractivity (Wildman–Crippen MR) is 71.6 cm³/mol. The molecule has 1 aliphatic carbocycles. The molecule has 0 spiro atoms. The largest absolute Gasteiger partial charge is 0.385 e. The Labute approximate surface area is 112 Å². The maximum atomic E-state index is 12.4. The Hall–Kier alpha value is -0.900. The van der Waals surface area contributed by atoms with E-state index in [1.165, 1.54) is 0 Å². The number of Topliss-reactive ketones (excluding diaryl/α,β-unsaturated/α-hetero) is 1. The first-order valence-electron chi connectivity index (χ1n) is 6.17. The average Bonchev–Trinajstić information content (AvgIpc) is 2.34. The molecule has 4 heteroatoms. The number of ketones is 1. The number of carbonyl (C=O) groups is 1. The van der Waals surface area contributed by atoms with Crippen molar-refractivity contribution < 1.29 is 9.90 Å². The molecule has 0 bridgehead atoms. The molecule has 1 saturated carbocycles. The molecule has 1 aromatic carbocycles. The van der Waals surface area contributed by atoms with Gasteiger partial charge in [-0.25, -0.2) is 0 Å². The SMILES string of the molecule is CN[C@@]1(c2ccccc2Cl)C[C@@H](C)C[C@@H](O)C1=O. The maximum absolute atomic E-state index is 12.4. The molecular weight excluding hydrogens is 250 g/mol. The fraction of sp³-hybridized carbons (Fsp3) is 0.500. The molecule has 2 N–H and O–H groups in total. The number of aliphatic hydroxyl groups is 1. The summed E-state index contributed by atoms with van der Waals surface area (Å²) in [6, 6.07) is 7.32. The van der Waals surface area contributed by atoms with Crippen LogP contribution in [0.4, 0.5) is 0 Å². The van der Waals surface area contributed by atoms with E-state index in [-0.39, 0.29) is 11.7 Å². The molecular formula is C14H18ClNO2. The lowest BCUT2D eigenvalue weighted by molar-refractivity contribution is -0.139. The van der Waals surface area contributed by atoms with E-state index >= 15 is 0 Å². The molecule has 1 aromatic rings. The third kappa shape index (κ3) is 2.07. The van der Waals surface area contributed by atoms with Gasteiger partial charge >= 0.3 is 0 Å². The first-order chi connectivity index (χ1) is 8.51. The van der Waals surface area contributed by atoms with Crippen molar-refractivity contribution >= 4 is 17.4 Å². The molecule has 0 radical (unpaired) electrons. The Morgan fingerprint density at radius 3 is 2.72 bits per heavy atom. The highest BCUT2D eigenvalue weighted by Gasteiger charge is 2.47. The molecule has 3 atom stereocenters. The third-order valence-electron chi connectivity index (χ3n) is 3.76. The van der Waals surface area contributed by atoms with Crippen LogP contribution in [0.25, 0.3) is 0 Å². The van der Waals surface area contributed by atoms with Gasteiger partial charge in [0.05, 0.1) is 0 Å². The van der Waals surface area contributed by atoms with E-state index in [2.05, 4.69) is 5.32 Å². The fourth-order valence-electron chi connectivity index (χ4n) is 2.89. The average molecular weight is 268 g/mol. The lowest BCUT2D eigenvalue weighted by atomic mass is 9.70. The Bertz CT molecular complexity index is 463. The number of halogens is 1. The molecule has 0 aromatic heterocycles. The van der Waals surface area contributed by atoms with Crippen LogP contribution in [-0.4, -0.2) is 24.0 Å². The van der Waals surface area contributed by atoms with Crippen LogP contribution in [0.2, 0.25) is 5.02 Å². The van der Waals surface area contributed by atoms with Gasteiger partial charge in [-0.2, -0.15) is 0 Å². The Morgan fingerprint density at radius 2 is 2.11 bits per heavy atom. The molecule has 0 unspecified atom stereocenters. The van der Waals surface area contributed by atoms with Gasteiger partial charge in [-0.1, -0.05) is 36.7 Å². The van der Waals surface area contributed by atoms with Crippen LogP contribution in [0.15, 0.2) is 24.3 Å². The van der Waals surface area contributed by atoms with Crippen LogP contribution in [0, 0.1) is 5.92 Å². The second-order valence-electron chi connectivity index (χ2n) is 5.06. The van der Waals surface area contributed by atoms with Crippen LogP contribution in [0.5, 0.6) is 0 Å². The molecule has 3 nitrogen and oxygen atoms in total. The fourth-order valence-corrected chi connectivity index (χ4v) is 3.19. The zero-order valence-corrected chi connectivity index (χ0v) is 11.4. The predicted octanol–water partition coefficient (Wildman–Crippen LogP) is 2.11. The van der Waals surface area contributed by atoms with Crippen LogP contribution >= 0.6 is 11.6 Å². The lowest BCUT2D eigenvalue weighted by Crippen LogP contribution is -2.56. The number of aliphatic hydroxyl groups excluding tert-OH is 1. The Morgan fingerprint density at radius 1 is 1.44 bits per heavy atom. The van der Waals surface area contributed by atoms with Gasteiger partial charge in [0.25, 0.3) is 0 Å². The van der Waals surface area contributed by atoms with Crippen molar-refractivity contribution in [2.45, 2.75) is 31.4 Å². The monoisotopic (exact) mass is 267 g/mol. The van der Waals surface area contributed by atoms with Crippen molar-refractivity contribution in [3.63, 3.8) is 0 Å². The molecule has 2 rings (SSSR count). The van der Waals surface area contributed by atoms with Gasteiger partial charge in [-0.15, -0.1) is 0 Å². The minimum absolute atomic E-state index is 0.184. The van der Waals surface area contributed by atoms with E-state index < -0.39 is 11.6 Å². The van der Waals surface area contributed by atoms with Gasteiger partial charge in [-0.05, 0) is 37.4 Å². The third-order valence-corrected chi connectivity index (χ3v) is 4.09. The Balaban J connectivity index is 2.53. The topological polar surface area (TPSA) is 49.3 Å². The second kappa shape index (κ2) is 5.00. The van der Waals surface area contributed by atoms with Crippen LogP contribution in [0.1, 0.15) is 25.3 Å². The van der Waals surface area contributed by atoms with Gasteiger partial charge < -0.3 is 10.4 Å². The zero-order valence-electron chi connectivity index (χ0n) is 10.6. The van der Waals surface area contributed by atoms with E-state index in [1.807, 2.05) is 25.1 Å². The summed E-state index contributed by atoms with van der Waals surface area (Å²) in [6.07, 6.45) is 0.257. The lowest BCUT2D eigenvalue weighted by Gasteiger charge is -2.41. The van der Waals surface area contributed by atoms with Crippen LogP contribution < -0.4 is 5.32 Å². The normalized spacial score (nSPS) is 32.6. The standard InChI is InChI=1S/C14H18ClNO2/c1-9-7-12(17)13(18)14(8-9,16-2)10-5-3-4-6-11(10)15/h3-6,9,12,16-17H,7-8H2,1-2H3/t9-,12+,14+/m0/s1. The van der Waals surface area contributed by atoms with Gasteiger partial charge in [0.1, 0.15) is 11.6 Å². The first kappa shape index (κ1) is 13.5.